The zero-order chi connectivity index (χ0) is 15.5. The lowest BCUT2D eigenvalue weighted by atomic mass is 9.79. The van der Waals surface area contributed by atoms with E-state index in [0.717, 1.165) is 24.8 Å². The minimum atomic E-state index is -0.747. The first-order valence-electron chi connectivity index (χ1n) is 7.85. The van der Waals surface area contributed by atoms with Gasteiger partial charge in [-0.15, -0.1) is 0 Å². The van der Waals surface area contributed by atoms with E-state index in [4.69, 9.17) is 4.74 Å². The zero-order valence-electron chi connectivity index (χ0n) is 12.5. The Morgan fingerprint density at radius 2 is 1.95 bits per heavy atom. The monoisotopic (exact) mass is 303 g/mol. The largest absolute Gasteiger partial charge is 0.481 e. The fraction of sp³-hybridized carbons (Fsp3) is 0.529. The summed E-state index contributed by atoms with van der Waals surface area (Å²) in [6.07, 6.45) is 2.81. The molecule has 1 aromatic carbocycles. The van der Waals surface area contributed by atoms with E-state index < -0.39 is 5.97 Å². The Kier molecular flexibility index (Phi) is 4.32. The molecule has 2 aliphatic rings. The average molecular weight is 303 g/mol. The number of carboxylic acid groups (broad SMARTS) is 1. The molecule has 3 rings (SSSR count). The van der Waals surface area contributed by atoms with Crippen LogP contribution in [0.25, 0.3) is 0 Å². The van der Waals surface area contributed by atoms with Crippen LogP contribution in [0.5, 0.6) is 0 Å². The minimum Gasteiger partial charge on any atom is -0.481 e. The molecule has 5 nitrogen and oxygen atoms in total. The van der Waals surface area contributed by atoms with Crippen LogP contribution in [0.15, 0.2) is 30.3 Å². The van der Waals surface area contributed by atoms with Gasteiger partial charge in [-0.3, -0.25) is 4.79 Å². The van der Waals surface area contributed by atoms with E-state index in [2.05, 4.69) is 0 Å². The Hall–Kier alpha value is -2.04. The highest BCUT2D eigenvalue weighted by atomic mass is 16.6. The first-order valence-corrected chi connectivity index (χ1v) is 7.85. The second-order valence-corrected chi connectivity index (χ2v) is 6.20. The quantitative estimate of drug-likeness (QED) is 0.932. The first kappa shape index (κ1) is 14.9. The number of aliphatic carboxylic acids is 1. The number of carboxylic acids is 1. The van der Waals surface area contributed by atoms with E-state index in [1.807, 2.05) is 30.3 Å². The number of nitrogens with zero attached hydrogens (tertiary/aromatic N) is 1. The van der Waals surface area contributed by atoms with Gasteiger partial charge in [-0.05, 0) is 37.2 Å². The number of hydrogen-bond donors (Lipinski definition) is 1. The number of ether oxygens (including phenoxy) is 1. The van der Waals surface area contributed by atoms with E-state index in [1.165, 1.54) is 0 Å². The van der Waals surface area contributed by atoms with Crippen molar-refractivity contribution in [2.75, 3.05) is 6.54 Å². The minimum absolute atomic E-state index is 0.0260. The first-order chi connectivity index (χ1) is 10.6. The Bertz CT molecular complexity index is 545. The lowest BCUT2D eigenvalue weighted by Gasteiger charge is -2.34. The molecule has 1 aliphatic carbocycles. The van der Waals surface area contributed by atoms with Gasteiger partial charge in [0.2, 0.25) is 0 Å². The van der Waals surface area contributed by atoms with Crippen LogP contribution in [-0.2, 0) is 16.1 Å². The van der Waals surface area contributed by atoms with Crippen molar-refractivity contribution in [3.8, 4) is 0 Å². The Labute approximate surface area is 129 Å². The number of hydrogen-bond acceptors (Lipinski definition) is 3. The number of likely N-dealkylation sites (tertiary alicyclic amines) is 1. The normalized spacial score (nSPS) is 27.3. The highest BCUT2D eigenvalue weighted by Gasteiger charge is 2.43. The Morgan fingerprint density at radius 3 is 2.68 bits per heavy atom. The van der Waals surface area contributed by atoms with Crippen LogP contribution in [0.1, 0.15) is 31.2 Å². The van der Waals surface area contributed by atoms with Crippen LogP contribution in [0.4, 0.5) is 4.79 Å². The predicted octanol–water partition coefficient (Wildman–Crippen LogP) is 2.90. The second-order valence-electron chi connectivity index (χ2n) is 6.20. The number of benzene rings is 1. The molecule has 2 fully saturated rings. The maximum atomic E-state index is 12.3. The summed E-state index contributed by atoms with van der Waals surface area (Å²) in [5, 5.41) is 9.20. The molecule has 5 heteroatoms. The topological polar surface area (TPSA) is 66.8 Å². The maximum Gasteiger partial charge on any atom is 0.410 e. The number of carbonyl (C=O) groups excluding carboxylic acids is 1. The number of fused-ring (bicyclic) bond motifs is 1. The smallest absolute Gasteiger partial charge is 0.410 e. The molecule has 0 radical (unpaired) electrons. The summed E-state index contributed by atoms with van der Waals surface area (Å²) in [7, 11) is 0. The van der Waals surface area contributed by atoms with E-state index in [-0.39, 0.29) is 24.7 Å². The van der Waals surface area contributed by atoms with Crippen molar-refractivity contribution in [3.05, 3.63) is 35.9 Å². The maximum absolute atomic E-state index is 12.3. The molecular formula is C17H21NO4. The van der Waals surface area contributed by atoms with Gasteiger partial charge in [-0.2, -0.15) is 0 Å². The molecular weight excluding hydrogens is 282 g/mol. The van der Waals surface area contributed by atoms with Crippen LogP contribution in [-0.4, -0.2) is 34.7 Å². The molecule has 1 saturated heterocycles. The molecule has 0 bridgehead atoms. The van der Waals surface area contributed by atoms with Gasteiger partial charge < -0.3 is 14.7 Å². The number of rotatable bonds is 3. The molecule has 1 aromatic rings. The summed E-state index contributed by atoms with van der Waals surface area (Å²) >= 11 is 0. The van der Waals surface area contributed by atoms with Gasteiger partial charge in [0.15, 0.2) is 0 Å². The van der Waals surface area contributed by atoms with E-state index in [1.54, 1.807) is 4.90 Å². The van der Waals surface area contributed by atoms with Crippen LogP contribution < -0.4 is 0 Å². The van der Waals surface area contributed by atoms with Gasteiger partial charge in [0, 0.05) is 12.6 Å². The zero-order valence-corrected chi connectivity index (χ0v) is 12.5. The molecule has 1 heterocycles. The molecule has 1 N–H and O–H groups in total. The van der Waals surface area contributed by atoms with Crippen molar-refractivity contribution >= 4 is 12.1 Å². The number of amides is 1. The molecule has 1 aliphatic heterocycles. The fourth-order valence-corrected chi connectivity index (χ4v) is 3.65. The Morgan fingerprint density at radius 1 is 1.18 bits per heavy atom. The van der Waals surface area contributed by atoms with Crippen molar-refractivity contribution in [1.29, 1.82) is 0 Å². The van der Waals surface area contributed by atoms with Gasteiger partial charge in [0.05, 0.1) is 5.92 Å². The van der Waals surface area contributed by atoms with E-state index in [9.17, 15) is 14.7 Å². The van der Waals surface area contributed by atoms with Crippen LogP contribution in [0.3, 0.4) is 0 Å². The lowest BCUT2D eigenvalue weighted by Crippen LogP contribution is -2.42. The van der Waals surface area contributed by atoms with Gasteiger partial charge >= 0.3 is 12.1 Å². The van der Waals surface area contributed by atoms with Crippen molar-refractivity contribution in [1.82, 2.24) is 4.90 Å². The van der Waals surface area contributed by atoms with E-state index in [0.29, 0.717) is 18.9 Å². The SMILES string of the molecule is O=C(O)C1CCC2CCN(C(=O)OCc3ccccc3)C2C1. The van der Waals surface area contributed by atoms with Crippen molar-refractivity contribution in [2.24, 2.45) is 11.8 Å². The summed E-state index contributed by atoms with van der Waals surface area (Å²) < 4.78 is 5.40. The molecule has 0 spiro atoms. The van der Waals surface area contributed by atoms with Gasteiger partial charge in [0.25, 0.3) is 0 Å². The third kappa shape index (κ3) is 3.08. The summed E-state index contributed by atoms with van der Waals surface area (Å²) in [5.41, 5.74) is 0.957. The van der Waals surface area contributed by atoms with E-state index >= 15 is 0 Å². The summed E-state index contributed by atoms with van der Waals surface area (Å²) in [4.78, 5) is 25.2. The van der Waals surface area contributed by atoms with Crippen molar-refractivity contribution < 1.29 is 19.4 Å². The van der Waals surface area contributed by atoms with Crippen molar-refractivity contribution in [2.45, 2.75) is 38.3 Å². The molecule has 3 unspecified atom stereocenters. The average Bonchev–Trinajstić information content (AvgIpc) is 2.96. The van der Waals surface area contributed by atoms with Crippen LogP contribution in [0, 0.1) is 11.8 Å². The van der Waals surface area contributed by atoms with Crippen LogP contribution >= 0.6 is 0 Å². The van der Waals surface area contributed by atoms with Crippen molar-refractivity contribution in [3.63, 3.8) is 0 Å². The highest BCUT2D eigenvalue weighted by molar-refractivity contribution is 5.71. The van der Waals surface area contributed by atoms with Gasteiger partial charge in [-0.25, -0.2) is 4.79 Å². The third-order valence-corrected chi connectivity index (χ3v) is 4.89. The van der Waals surface area contributed by atoms with Gasteiger partial charge in [0.1, 0.15) is 6.61 Å². The summed E-state index contributed by atoms with van der Waals surface area (Å²) in [5.74, 6) is -0.647. The molecule has 0 aromatic heterocycles. The predicted molar refractivity (Wildman–Crippen MR) is 80.2 cm³/mol. The summed E-state index contributed by atoms with van der Waals surface area (Å²) in [6.45, 7) is 0.936. The molecule has 1 saturated carbocycles. The second kappa shape index (κ2) is 6.38. The van der Waals surface area contributed by atoms with Crippen LogP contribution in [0.2, 0.25) is 0 Å². The standard InChI is InChI=1S/C17H21NO4/c19-16(20)14-7-6-13-8-9-18(15(13)10-14)17(21)22-11-12-4-2-1-3-5-12/h1-5,13-15H,6-11H2,(H,19,20). The molecule has 1 amide bonds. The molecule has 3 atom stereocenters. The molecule has 118 valence electrons. The Balaban J connectivity index is 1.59. The fourth-order valence-electron chi connectivity index (χ4n) is 3.65. The lowest BCUT2D eigenvalue weighted by molar-refractivity contribution is -0.143. The molecule has 22 heavy (non-hydrogen) atoms. The summed E-state index contributed by atoms with van der Waals surface area (Å²) in [6, 6.07) is 9.60. The third-order valence-electron chi connectivity index (χ3n) is 4.89. The number of carbonyl (C=O) groups is 2. The van der Waals surface area contributed by atoms with Gasteiger partial charge in [-0.1, -0.05) is 30.3 Å². The highest BCUT2D eigenvalue weighted by Crippen LogP contribution is 2.39.